The zero-order valence-corrected chi connectivity index (χ0v) is 11.9. The smallest absolute Gasteiger partial charge is 0.324 e. The highest BCUT2D eigenvalue weighted by molar-refractivity contribution is 5.76. The van der Waals surface area contributed by atoms with Crippen LogP contribution in [0.3, 0.4) is 0 Å². The predicted molar refractivity (Wildman–Crippen MR) is 77.3 cm³/mol. The molecule has 1 aromatic carbocycles. The van der Waals surface area contributed by atoms with Gasteiger partial charge in [-0.2, -0.15) is 5.26 Å². The van der Waals surface area contributed by atoms with Crippen molar-refractivity contribution in [2.75, 3.05) is 6.61 Å². The Bertz CT molecular complexity index is 599. The van der Waals surface area contributed by atoms with Crippen molar-refractivity contribution < 1.29 is 13.9 Å². The molecule has 0 unspecified atom stereocenters. The monoisotopic (exact) mass is 283 g/mol. The second-order valence-corrected chi connectivity index (χ2v) is 4.67. The van der Waals surface area contributed by atoms with Gasteiger partial charge in [-0.3, -0.25) is 4.79 Å². The molecule has 2 aromatic rings. The third-order valence-electron chi connectivity index (χ3n) is 3.29. The molecule has 0 aliphatic rings. The van der Waals surface area contributed by atoms with E-state index in [1.165, 1.54) is 0 Å². The van der Waals surface area contributed by atoms with E-state index in [2.05, 4.69) is 6.07 Å². The van der Waals surface area contributed by atoms with E-state index in [4.69, 9.17) is 9.15 Å². The lowest BCUT2D eigenvalue weighted by Crippen LogP contribution is -2.24. The largest absolute Gasteiger partial charge is 0.469 e. The van der Waals surface area contributed by atoms with Crippen molar-refractivity contribution in [1.29, 1.82) is 5.26 Å². The molecule has 0 saturated heterocycles. The van der Waals surface area contributed by atoms with E-state index >= 15 is 0 Å². The zero-order chi connectivity index (χ0) is 15.1. The van der Waals surface area contributed by atoms with Crippen LogP contribution >= 0.6 is 0 Å². The van der Waals surface area contributed by atoms with Crippen molar-refractivity contribution in [1.82, 2.24) is 0 Å². The van der Waals surface area contributed by atoms with Crippen molar-refractivity contribution in [2.45, 2.75) is 19.3 Å². The Morgan fingerprint density at radius 3 is 2.62 bits per heavy atom. The van der Waals surface area contributed by atoms with Gasteiger partial charge in [-0.05, 0) is 31.0 Å². The highest BCUT2D eigenvalue weighted by atomic mass is 16.5. The molecule has 0 saturated carbocycles. The first-order chi connectivity index (χ1) is 10.3. The molecular formula is C17H17NO3. The number of hydrogen-bond acceptors (Lipinski definition) is 4. The lowest BCUT2D eigenvalue weighted by molar-refractivity contribution is -0.146. The molecule has 4 nitrogen and oxygen atoms in total. The SMILES string of the molecule is CCOC(=O)[C@@H](C#N)[C@@H](Cc1ccccc1)c1ccco1. The molecule has 0 spiro atoms. The molecule has 0 amide bonds. The fourth-order valence-corrected chi connectivity index (χ4v) is 2.29. The fraction of sp³-hybridized carbons (Fsp3) is 0.294. The second kappa shape index (κ2) is 7.30. The molecule has 0 bridgehead atoms. The van der Waals surface area contributed by atoms with Gasteiger partial charge < -0.3 is 9.15 Å². The summed E-state index contributed by atoms with van der Waals surface area (Å²) in [7, 11) is 0. The predicted octanol–water partition coefficient (Wildman–Crippen LogP) is 3.31. The van der Waals surface area contributed by atoms with Crippen molar-refractivity contribution >= 4 is 5.97 Å². The van der Waals surface area contributed by atoms with E-state index in [0.717, 1.165) is 5.56 Å². The van der Waals surface area contributed by atoms with Crippen molar-refractivity contribution in [3.8, 4) is 6.07 Å². The number of esters is 1. The summed E-state index contributed by atoms with van der Waals surface area (Å²) in [6.07, 6.45) is 2.10. The Hall–Kier alpha value is -2.54. The fourth-order valence-electron chi connectivity index (χ4n) is 2.29. The Labute approximate surface area is 124 Å². The third kappa shape index (κ3) is 3.73. The van der Waals surface area contributed by atoms with Gasteiger partial charge in [-0.15, -0.1) is 0 Å². The number of rotatable bonds is 6. The number of nitriles is 1. The van der Waals surface area contributed by atoms with Crippen LogP contribution in [0, 0.1) is 17.2 Å². The number of carbonyl (C=O) groups is 1. The topological polar surface area (TPSA) is 63.2 Å². The maximum absolute atomic E-state index is 12.0. The van der Waals surface area contributed by atoms with Gasteiger partial charge in [0.05, 0.1) is 18.9 Å². The highest BCUT2D eigenvalue weighted by Crippen LogP contribution is 2.30. The van der Waals surface area contributed by atoms with E-state index in [0.29, 0.717) is 12.2 Å². The molecule has 0 radical (unpaired) electrons. The first-order valence-electron chi connectivity index (χ1n) is 6.89. The molecule has 4 heteroatoms. The molecule has 0 fully saturated rings. The van der Waals surface area contributed by atoms with E-state index in [-0.39, 0.29) is 12.5 Å². The van der Waals surface area contributed by atoms with Crippen LogP contribution in [-0.2, 0) is 16.0 Å². The lowest BCUT2D eigenvalue weighted by Gasteiger charge is -2.19. The van der Waals surface area contributed by atoms with Gasteiger partial charge in [0, 0.05) is 5.92 Å². The first kappa shape index (κ1) is 14.9. The summed E-state index contributed by atoms with van der Waals surface area (Å²) in [6.45, 7) is 1.98. The molecule has 0 aliphatic carbocycles. The van der Waals surface area contributed by atoms with Crippen LogP contribution < -0.4 is 0 Å². The van der Waals surface area contributed by atoms with E-state index in [1.54, 1.807) is 25.3 Å². The number of furan rings is 1. The van der Waals surface area contributed by atoms with Gasteiger partial charge in [0.15, 0.2) is 5.92 Å². The highest BCUT2D eigenvalue weighted by Gasteiger charge is 2.32. The van der Waals surface area contributed by atoms with E-state index in [1.807, 2.05) is 30.3 Å². The van der Waals surface area contributed by atoms with Crippen LogP contribution in [0.2, 0.25) is 0 Å². The minimum Gasteiger partial charge on any atom is -0.469 e. The zero-order valence-electron chi connectivity index (χ0n) is 11.9. The summed E-state index contributed by atoms with van der Waals surface area (Å²) in [5.74, 6) is -1.11. The number of ether oxygens (including phenoxy) is 1. The van der Waals surface area contributed by atoms with Gasteiger partial charge in [0.1, 0.15) is 5.76 Å². The molecule has 0 N–H and O–H groups in total. The normalized spacial score (nSPS) is 13.1. The Morgan fingerprint density at radius 1 is 1.29 bits per heavy atom. The van der Waals surface area contributed by atoms with Crippen LogP contribution in [0.4, 0.5) is 0 Å². The average molecular weight is 283 g/mol. The van der Waals surface area contributed by atoms with Crippen LogP contribution in [-0.4, -0.2) is 12.6 Å². The molecule has 21 heavy (non-hydrogen) atoms. The number of hydrogen-bond donors (Lipinski definition) is 0. The summed E-state index contributed by atoms with van der Waals surface area (Å²) < 4.78 is 10.4. The quantitative estimate of drug-likeness (QED) is 0.763. The summed E-state index contributed by atoms with van der Waals surface area (Å²) >= 11 is 0. The van der Waals surface area contributed by atoms with Crippen LogP contribution in [0.1, 0.15) is 24.2 Å². The van der Waals surface area contributed by atoms with Crippen LogP contribution in [0.15, 0.2) is 53.1 Å². The molecule has 1 heterocycles. The Morgan fingerprint density at radius 2 is 2.05 bits per heavy atom. The molecule has 108 valence electrons. The first-order valence-corrected chi connectivity index (χ1v) is 6.89. The Balaban J connectivity index is 2.28. The molecule has 2 rings (SSSR count). The summed E-state index contributed by atoms with van der Waals surface area (Å²) in [4.78, 5) is 12.0. The third-order valence-corrected chi connectivity index (χ3v) is 3.29. The van der Waals surface area contributed by atoms with Crippen LogP contribution in [0.25, 0.3) is 0 Å². The molecule has 1 aromatic heterocycles. The summed E-state index contributed by atoms with van der Waals surface area (Å²) in [6, 6.07) is 15.3. The van der Waals surface area contributed by atoms with Gasteiger partial charge in [0.25, 0.3) is 0 Å². The minimum atomic E-state index is -0.878. The van der Waals surface area contributed by atoms with E-state index < -0.39 is 11.9 Å². The number of benzene rings is 1. The molecule has 0 aliphatic heterocycles. The molecule has 2 atom stereocenters. The van der Waals surface area contributed by atoms with Gasteiger partial charge >= 0.3 is 5.97 Å². The number of carbonyl (C=O) groups excluding carboxylic acids is 1. The summed E-state index contributed by atoms with van der Waals surface area (Å²) in [5.41, 5.74) is 1.04. The van der Waals surface area contributed by atoms with Gasteiger partial charge in [-0.25, -0.2) is 0 Å². The standard InChI is InChI=1S/C17H17NO3/c1-2-20-17(19)15(12-18)14(16-9-6-10-21-16)11-13-7-4-3-5-8-13/h3-10,14-15H,2,11H2,1H3/t14-,15+/m1/s1. The summed E-state index contributed by atoms with van der Waals surface area (Å²) in [5, 5.41) is 9.38. The maximum atomic E-state index is 12.0. The van der Waals surface area contributed by atoms with Gasteiger partial charge in [-0.1, -0.05) is 30.3 Å². The number of nitrogens with zero attached hydrogens (tertiary/aromatic N) is 1. The maximum Gasteiger partial charge on any atom is 0.324 e. The van der Waals surface area contributed by atoms with Crippen molar-refractivity contribution in [2.24, 2.45) is 5.92 Å². The minimum absolute atomic E-state index is 0.257. The Kier molecular flexibility index (Phi) is 5.16. The van der Waals surface area contributed by atoms with Crippen molar-refractivity contribution in [3.63, 3.8) is 0 Å². The van der Waals surface area contributed by atoms with Crippen molar-refractivity contribution in [3.05, 3.63) is 60.1 Å². The average Bonchev–Trinajstić information content (AvgIpc) is 3.02. The second-order valence-electron chi connectivity index (χ2n) is 4.67. The van der Waals surface area contributed by atoms with Crippen LogP contribution in [0.5, 0.6) is 0 Å². The molecular weight excluding hydrogens is 266 g/mol. The lowest BCUT2D eigenvalue weighted by atomic mass is 9.85. The van der Waals surface area contributed by atoms with Gasteiger partial charge in [0.2, 0.25) is 0 Å². The van der Waals surface area contributed by atoms with E-state index in [9.17, 15) is 10.1 Å².